The Morgan fingerprint density at radius 3 is 0.739 bits per heavy atom. The Balaban J connectivity index is 0.00000530. The fraction of sp³-hybridized carbons (Fsp3) is 0.0127. The molecular formula is C79H49B3N6. The fourth-order valence-corrected chi connectivity index (χ4v) is 17.8. The van der Waals surface area contributed by atoms with Gasteiger partial charge in [-0.1, -0.05) is 189 Å². The van der Waals surface area contributed by atoms with Gasteiger partial charge in [-0.3, -0.25) is 0 Å². The van der Waals surface area contributed by atoms with E-state index in [1.807, 2.05) is 0 Å². The average molecular weight is 1110 g/mol. The molecule has 13 aromatic carbocycles. The van der Waals surface area contributed by atoms with Gasteiger partial charge in [0.05, 0.1) is 16.6 Å². The number of hydrogen-bond acceptors (Lipinski definition) is 3. The SMILES string of the molecule is C.c1ccc(N2c3ccccc3B3c4c2cccc4-n2c4c3cccc4c3c2c2c4cccc5c4n(c2c2c4cccc6c4n(c32)-c2cccc3c2B6c2ccccc2N3c2ccccc2)-c2cccc3c2B5c2ccccc2N3c2ccccc2)cc1. The van der Waals surface area contributed by atoms with Gasteiger partial charge < -0.3 is 28.4 Å². The van der Waals surface area contributed by atoms with E-state index >= 15 is 0 Å². The topological polar surface area (TPSA) is 24.5 Å². The smallest absolute Gasteiger partial charge is 0.252 e. The maximum absolute atomic E-state index is 2.74. The predicted molar refractivity (Wildman–Crippen MR) is 374 cm³/mol. The first kappa shape index (κ1) is 47.1. The molecule has 0 unspecified atom stereocenters. The summed E-state index contributed by atoms with van der Waals surface area (Å²) in [5.41, 5.74) is 34.0. The Morgan fingerprint density at radius 2 is 0.432 bits per heavy atom. The Bertz CT molecular complexity index is 5230. The van der Waals surface area contributed by atoms with Gasteiger partial charge in [-0.25, -0.2) is 0 Å². The molecule has 6 aliphatic heterocycles. The molecule has 0 spiro atoms. The van der Waals surface area contributed by atoms with E-state index in [-0.39, 0.29) is 27.6 Å². The van der Waals surface area contributed by atoms with Gasteiger partial charge in [-0.05, 0) is 140 Å². The average Bonchev–Trinajstić information content (AvgIpc) is 1.48. The number of benzene rings is 13. The Morgan fingerprint density at radius 1 is 0.193 bits per heavy atom. The molecule has 0 N–H and O–H groups in total. The van der Waals surface area contributed by atoms with Gasteiger partial charge in [0.15, 0.2) is 0 Å². The largest absolute Gasteiger partial charge is 0.311 e. The third-order valence-electron chi connectivity index (χ3n) is 20.7. The number of hydrogen-bond donors (Lipinski definition) is 0. The maximum Gasteiger partial charge on any atom is 0.252 e. The minimum absolute atomic E-state index is 0. The molecule has 0 fully saturated rings. The summed E-state index contributed by atoms with van der Waals surface area (Å²) in [6, 6.07) is 104. The van der Waals surface area contributed by atoms with Gasteiger partial charge in [0.2, 0.25) is 0 Å². The second-order valence-corrected chi connectivity index (χ2v) is 24.5. The molecule has 9 heteroatoms. The molecule has 0 saturated heterocycles. The molecule has 0 bridgehead atoms. The maximum atomic E-state index is 2.74. The molecule has 9 heterocycles. The van der Waals surface area contributed by atoms with E-state index in [1.54, 1.807) is 0 Å². The van der Waals surface area contributed by atoms with Gasteiger partial charge >= 0.3 is 0 Å². The second-order valence-electron chi connectivity index (χ2n) is 24.5. The van der Waals surface area contributed by atoms with Gasteiger partial charge in [0, 0.05) is 117 Å². The number of anilines is 9. The van der Waals surface area contributed by atoms with Crippen LogP contribution in [0.25, 0.3) is 82.5 Å². The van der Waals surface area contributed by atoms with Crippen LogP contribution in [0.2, 0.25) is 0 Å². The van der Waals surface area contributed by atoms with E-state index in [2.05, 4.69) is 301 Å². The predicted octanol–water partition coefficient (Wildman–Crippen LogP) is 13.5. The number of nitrogens with zero attached hydrogens (tertiary/aromatic N) is 6. The number of aromatic nitrogens is 3. The van der Waals surface area contributed by atoms with Crippen molar-refractivity contribution in [3.8, 4) is 17.1 Å². The number of fused-ring (bicyclic) bond motifs is 24. The van der Waals surface area contributed by atoms with E-state index in [9.17, 15) is 0 Å². The summed E-state index contributed by atoms with van der Waals surface area (Å²) in [4.78, 5) is 7.54. The molecule has 0 atom stereocenters. The first-order chi connectivity index (χ1) is 43.3. The summed E-state index contributed by atoms with van der Waals surface area (Å²) < 4.78 is 8.23. The minimum atomic E-state index is -0.00328. The lowest BCUT2D eigenvalue weighted by Gasteiger charge is -2.40. The van der Waals surface area contributed by atoms with Crippen molar-refractivity contribution in [3.05, 3.63) is 273 Å². The van der Waals surface area contributed by atoms with Crippen molar-refractivity contribution < 1.29 is 0 Å². The normalized spacial score (nSPS) is 13.9. The molecule has 16 aromatic rings. The lowest BCUT2D eigenvalue weighted by Crippen LogP contribution is -2.60. The van der Waals surface area contributed by atoms with Gasteiger partial charge in [0.1, 0.15) is 0 Å². The van der Waals surface area contributed by atoms with Gasteiger partial charge in [-0.15, -0.1) is 0 Å². The van der Waals surface area contributed by atoms with Crippen molar-refractivity contribution in [2.75, 3.05) is 14.7 Å². The molecule has 404 valence electrons. The molecule has 3 aromatic heterocycles. The zero-order chi connectivity index (χ0) is 56.1. The highest BCUT2D eigenvalue weighted by molar-refractivity contribution is 7.02. The Hall–Kier alpha value is -11.1. The summed E-state index contributed by atoms with van der Waals surface area (Å²) in [5, 5.41) is 7.67. The molecule has 6 nitrogen and oxygen atoms in total. The molecule has 0 aliphatic carbocycles. The van der Waals surface area contributed by atoms with Crippen molar-refractivity contribution in [2.45, 2.75) is 7.43 Å². The van der Waals surface area contributed by atoms with Crippen LogP contribution in [-0.2, 0) is 0 Å². The standard InChI is InChI=1S/C78H45B3N6.CH4/c1-4-22-46(23-5-1)82-58-37-13-10-31-52(58)79-55-34-16-28-49-67-76(85(73(49)55)64-43-19-40-61(82)70(64)79)68-50-29-17-35-56-74(50)86(65-44-20-41-62-71(65)80(56)53-32-11-14-38-59(53)83(62)47-24-6-2-7-25-47)78(68)69-51-30-18-36-57-75(51)87(77(67)69)66-45-21-42-63-72(66)81(57)54-33-12-15-39-60(54)84(63)48-26-8-3-9-27-48;/h1-45H;1H4. The quantitative estimate of drug-likeness (QED) is 0.165. The van der Waals surface area contributed by atoms with E-state index in [1.165, 1.54) is 166 Å². The number of rotatable bonds is 3. The molecule has 0 saturated carbocycles. The van der Waals surface area contributed by atoms with Crippen LogP contribution in [0.1, 0.15) is 7.43 Å². The highest BCUT2D eigenvalue weighted by Crippen LogP contribution is 2.53. The van der Waals surface area contributed by atoms with Crippen molar-refractivity contribution in [3.63, 3.8) is 0 Å². The second kappa shape index (κ2) is 16.6. The van der Waals surface area contributed by atoms with Crippen LogP contribution in [0.4, 0.5) is 51.2 Å². The molecule has 0 radical (unpaired) electrons. The molecule has 0 amide bonds. The van der Waals surface area contributed by atoms with Crippen LogP contribution in [0.5, 0.6) is 0 Å². The van der Waals surface area contributed by atoms with Gasteiger partial charge in [0.25, 0.3) is 20.1 Å². The van der Waals surface area contributed by atoms with Crippen molar-refractivity contribution in [1.82, 2.24) is 13.7 Å². The van der Waals surface area contributed by atoms with Crippen LogP contribution >= 0.6 is 0 Å². The van der Waals surface area contributed by atoms with E-state index in [4.69, 9.17) is 0 Å². The highest BCUT2D eigenvalue weighted by atomic mass is 15.2. The van der Waals surface area contributed by atoms with Crippen LogP contribution in [0, 0.1) is 0 Å². The molecular weight excluding hydrogens is 1070 g/mol. The van der Waals surface area contributed by atoms with Crippen molar-refractivity contribution in [2.24, 2.45) is 0 Å². The summed E-state index contributed by atoms with van der Waals surface area (Å²) in [7, 11) is 0. The third kappa shape index (κ3) is 5.44. The summed E-state index contributed by atoms with van der Waals surface area (Å²) in [5.74, 6) is 0. The minimum Gasteiger partial charge on any atom is -0.311 e. The lowest BCUT2D eigenvalue weighted by atomic mass is 9.34. The van der Waals surface area contributed by atoms with Crippen molar-refractivity contribution >= 4 is 186 Å². The van der Waals surface area contributed by atoms with Crippen molar-refractivity contribution in [1.29, 1.82) is 0 Å². The number of para-hydroxylation sites is 9. The van der Waals surface area contributed by atoms with Crippen LogP contribution < -0.4 is 63.9 Å². The van der Waals surface area contributed by atoms with Crippen LogP contribution in [-0.4, -0.2) is 33.8 Å². The zero-order valence-electron chi connectivity index (χ0n) is 46.9. The van der Waals surface area contributed by atoms with Gasteiger partial charge in [-0.2, -0.15) is 0 Å². The molecule has 6 aliphatic rings. The molecule has 88 heavy (non-hydrogen) atoms. The fourth-order valence-electron chi connectivity index (χ4n) is 17.8. The van der Waals surface area contributed by atoms with E-state index < -0.39 is 0 Å². The first-order valence-corrected chi connectivity index (χ1v) is 30.6. The van der Waals surface area contributed by atoms with Crippen LogP contribution in [0.15, 0.2) is 273 Å². The highest BCUT2D eigenvalue weighted by Gasteiger charge is 2.48. The third-order valence-corrected chi connectivity index (χ3v) is 20.7. The van der Waals surface area contributed by atoms with E-state index in [0.29, 0.717) is 0 Å². The summed E-state index contributed by atoms with van der Waals surface area (Å²) in [6.07, 6.45) is 0. The zero-order valence-corrected chi connectivity index (χ0v) is 46.9. The summed E-state index contributed by atoms with van der Waals surface area (Å²) in [6.45, 7) is -0.00983. The lowest BCUT2D eigenvalue weighted by molar-refractivity contribution is 1.17. The first-order valence-electron chi connectivity index (χ1n) is 30.6. The Kier molecular flexibility index (Phi) is 8.91. The van der Waals surface area contributed by atoms with Crippen LogP contribution in [0.3, 0.4) is 0 Å². The Labute approximate surface area is 508 Å². The van der Waals surface area contributed by atoms with E-state index in [0.717, 1.165) is 17.1 Å². The molecule has 22 rings (SSSR count). The summed E-state index contributed by atoms with van der Waals surface area (Å²) >= 11 is 0. The monoisotopic (exact) mass is 1110 g/mol.